The van der Waals surface area contributed by atoms with Gasteiger partial charge in [-0.3, -0.25) is 4.99 Å². The van der Waals surface area contributed by atoms with E-state index in [1.165, 1.54) is 0 Å². The van der Waals surface area contributed by atoms with E-state index in [9.17, 15) is 0 Å². The Bertz CT molecular complexity index is 534. The zero-order chi connectivity index (χ0) is 13.8. The van der Waals surface area contributed by atoms with E-state index in [1.54, 1.807) is 30.0 Å². The molecule has 1 aromatic carbocycles. The second-order valence-electron chi connectivity index (χ2n) is 4.81. The maximum absolute atomic E-state index is 8.92. The van der Waals surface area contributed by atoms with E-state index in [1.807, 2.05) is 0 Å². The van der Waals surface area contributed by atoms with Gasteiger partial charge in [-0.05, 0) is 30.5 Å². The number of benzene rings is 1. The van der Waals surface area contributed by atoms with E-state index in [4.69, 9.17) is 21.9 Å². The first kappa shape index (κ1) is 14.2. The summed E-state index contributed by atoms with van der Waals surface area (Å²) in [6, 6.07) is 7.67. The fourth-order valence-electron chi connectivity index (χ4n) is 1.89. The fraction of sp³-hybridized carbons (Fsp3) is 0.429. The molecule has 1 heterocycles. The fourth-order valence-corrected chi connectivity index (χ4v) is 2.99. The molecule has 1 aliphatic heterocycles. The van der Waals surface area contributed by atoms with Crippen LogP contribution in [0.4, 0.5) is 5.69 Å². The number of hydrogen-bond acceptors (Lipinski definition) is 4. The van der Waals surface area contributed by atoms with Gasteiger partial charge < -0.3 is 5.32 Å². The maximum Gasteiger partial charge on any atom is 0.161 e. The number of thioether (sulfide) groups is 1. The summed E-state index contributed by atoms with van der Waals surface area (Å²) in [6.07, 6.45) is 1.11. The molecule has 0 bridgehead atoms. The molecule has 3 nitrogen and oxygen atoms in total. The summed E-state index contributed by atoms with van der Waals surface area (Å²) in [7, 11) is 0. The van der Waals surface area contributed by atoms with Crippen LogP contribution in [-0.2, 0) is 0 Å². The monoisotopic (exact) mass is 293 g/mol. The van der Waals surface area contributed by atoms with Gasteiger partial charge in [-0.25, -0.2) is 0 Å². The number of nitriles is 1. The Hall–Kier alpha value is -1.18. The highest BCUT2D eigenvalue weighted by Gasteiger charge is 2.19. The number of nitrogens with one attached hydrogen (secondary N) is 1. The highest BCUT2D eigenvalue weighted by Crippen LogP contribution is 2.27. The Kier molecular flexibility index (Phi) is 4.73. The Balaban J connectivity index is 2.19. The minimum absolute atomic E-state index is 0.363. The molecule has 0 saturated carbocycles. The molecule has 1 aromatic rings. The number of halogens is 1. The predicted octanol–water partition coefficient (Wildman–Crippen LogP) is 4.14. The molecule has 0 saturated heterocycles. The molecule has 1 aliphatic rings. The van der Waals surface area contributed by atoms with Gasteiger partial charge in [0.2, 0.25) is 0 Å². The van der Waals surface area contributed by atoms with Crippen molar-refractivity contribution in [2.45, 2.75) is 26.3 Å². The maximum atomic E-state index is 8.92. The summed E-state index contributed by atoms with van der Waals surface area (Å²) in [5, 5.41) is 13.7. The summed E-state index contributed by atoms with van der Waals surface area (Å²) in [5.74, 6) is 1.60. The molecule has 19 heavy (non-hydrogen) atoms. The van der Waals surface area contributed by atoms with Crippen molar-refractivity contribution < 1.29 is 0 Å². The topological polar surface area (TPSA) is 48.2 Å². The standard InChI is InChI=1S/C14H16ClN3S/c1-9(2)12-5-6-19-14(17-12)18-13-7-10(8-16)3-4-11(13)15/h3-4,7,9,12H,5-6H2,1-2H3,(H,17,18). The van der Waals surface area contributed by atoms with Crippen LogP contribution in [0.2, 0.25) is 5.02 Å². The average Bonchev–Trinajstić information content (AvgIpc) is 2.41. The first-order valence-electron chi connectivity index (χ1n) is 6.27. The lowest BCUT2D eigenvalue weighted by molar-refractivity contribution is 0.485. The SMILES string of the molecule is CC(C)C1CCSC(Nc2cc(C#N)ccc2Cl)=N1. The van der Waals surface area contributed by atoms with Crippen LogP contribution in [0, 0.1) is 17.2 Å². The smallest absolute Gasteiger partial charge is 0.161 e. The van der Waals surface area contributed by atoms with E-state index >= 15 is 0 Å². The molecule has 0 aliphatic carbocycles. The van der Waals surface area contributed by atoms with Crippen molar-refractivity contribution in [3.63, 3.8) is 0 Å². The van der Waals surface area contributed by atoms with Crippen molar-refractivity contribution in [2.24, 2.45) is 10.9 Å². The van der Waals surface area contributed by atoms with E-state index in [0.29, 0.717) is 22.5 Å². The molecule has 100 valence electrons. The van der Waals surface area contributed by atoms with Crippen LogP contribution >= 0.6 is 23.4 Å². The zero-order valence-electron chi connectivity index (χ0n) is 11.0. The molecule has 1 N–H and O–H groups in total. The second kappa shape index (κ2) is 6.31. The molecular formula is C14H16ClN3S. The molecule has 2 rings (SSSR count). The van der Waals surface area contributed by atoms with Gasteiger partial charge in [0.15, 0.2) is 5.17 Å². The van der Waals surface area contributed by atoms with Gasteiger partial charge >= 0.3 is 0 Å². The van der Waals surface area contributed by atoms with E-state index in [-0.39, 0.29) is 0 Å². The Morgan fingerprint density at radius 1 is 1.53 bits per heavy atom. The average molecular weight is 294 g/mol. The summed E-state index contributed by atoms with van der Waals surface area (Å²) in [4.78, 5) is 4.70. The van der Waals surface area contributed by atoms with Gasteiger partial charge in [0.25, 0.3) is 0 Å². The van der Waals surface area contributed by atoms with Crippen molar-refractivity contribution in [1.82, 2.24) is 0 Å². The van der Waals surface area contributed by atoms with Gasteiger partial charge in [-0.15, -0.1) is 0 Å². The van der Waals surface area contributed by atoms with Crippen LogP contribution in [0.3, 0.4) is 0 Å². The van der Waals surface area contributed by atoms with Gasteiger partial charge in [0, 0.05) is 5.75 Å². The summed E-state index contributed by atoms with van der Waals surface area (Å²) in [5.41, 5.74) is 1.34. The number of rotatable bonds is 2. The number of anilines is 1. The van der Waals surface area contributed by atoms with Gasteiger partial charge in [-0.2, -0.15) is 5.26 Å². The largest absolute Gasteiger partial charge is 0.334 e. The van der Waals surface area contributed by atoms with Crippen molar-refractivity contribution >= 4 is 34.2 Å². The molecule has 5 heteroatoms. The lowest BCUT2D eigenvalue weighted by Crippen LogP contribution is -2.24. The molecule has 0 aromatic heterocycles. The number of aliphatic imine (C=N–C) groups is 1. The van der Waals surface area contributed by atoms with Gasteiger partial charge in [0.05, 0.1) is 28.4 Å². The number of nitrogens with zero attached hydrogens (tertiary/aromatic N) is 2. The normalized spacial score (nSPS) is 18.9. The lowest BCUT2D eigenvalue weighted by Gasteiger charge is -2.23. The molecule has 0 spiro atoms. The molecular weight excluding hydrogens is 278 g/mol. The Morgan fingerprint density at radius 2 is 2.32 bits per heavy atom. The van der Waals surface area contributed by atoms with Crippen LogP contribution in [0.5, 0.6) is 0 Å². The van der Waals surface area contributed by atoms with Gasteiger partial charge in [0.1, 0.15) is 0 Å². The van der Waals surface area contributed by atoms with Crippen molar-refractivity contribution in [1.29, 1.82) is 5.26 Å². The third-order valence-electron chi connectivity index (χ3n) is 3.04. The molecule has 0 radical (unpaired) electrons. The summed E-state index contributed by atoms with van der Waals surface area (Å²) < 4.78 is 0. The van der Waals surface area contributed by atoms with Gasteiger partial charge in [-0.1, -0.05) is 37.2 Å². The van der Waals surface area contributed by atoms with Crippen molar-refractivity contribution in [3.05, 3.63) is 28.8 Å². The minimum Gasteiger partial charge on any atom is -0.334 e. The molecule has 0 fully saturated rings. The highest BCUT2D eigenvalue weighted by atomic mass is 35.5. The zero-order valence-corrected chi connectivity index (χ0v) is 12.6. The number of hydrogen-bond donors (Lipinski definition) is 1. The van der Waals surface area contributed by atoms with Crippen LogP contribution < -0.4 is 5.32 Å². The lowest BCUT2D eigenvalue weighted by atomic mass is 10.0. The molecule has 0 amide bonds. The summed E-state index contributed by atoms with van der Waals surface area (Å²) in [6.45, 7) is 4.37. The first-order chi connectivity index (χ1) is 9.10. The third kappa shape index (κ3) is 3.65. The van der Waals surface area contributed by atoms with E-state index in [0.717, 1.165) is 23.0 Å². The second-order valence-corrected chi connectivity index (χ2v) is 6.31. The Labute approximate surface area is 123 Å². The molecule has 1 unspecified atom stereocenters. The van der Waals surface area contributed by atoms with Crippen LogP contribution in [0.15, 0.2) is 23.2 Å². The first-order valence-corrected chi connectivity index (χ1v) is 7.64. The van der Waals surface area contributed by atoms with Crippen LogP contribution in [0.25, 0.3) is 0 Å². The summed E-state index contributed by atoms with van der Waals surface area (Å²) >= 11 is 7.83. The Morgan fingerprint density at radius 3 is 3.00 bits per heavy atom. The van der Waals surface area contributed by atoms with Crippen molar-refractivity contribution in [3.8, 4) is 6.07 Å². The minimum atomic E-state index is 0.363. The predicted molar refractivity (Wildman–Crippen MR) is 82.9 cm³/mol. The third-order valence-corrected chi connectivity index (χ3v) is 4.29. The van der Waals surface area contributed by atoms with E-state index in [2.05, 4.69) is 25.2 Å². The molecule has 1 atom stereocenters. The van der Waals surface area contributed by atoms with Crippen molar-refractivity contribution in [2.75, 3.05) is 11.1 Å². The quantitative estimate of drug-likeness (QED) is 0.891. The van der Waals surface area contributed by atoms with E-state index < -0.39 is 0 Å². The van der Waals surface area contributed by atoms with Crippen LogP contribution in [-0.4, -0.2) is 17.0 Å². The van der Waals surface area contributed by atoms with Crippen LogP contribution in [0.1, 0.15) is 25.8 Å². The highest BCUT2D eigenvalue weighted by molar-refractivity contribution is 8.14. The number of amidine groups is 1.